The number of rotatable bonds is 5. The number of hydrogen-bond acceptors (Lipinski definition) is 1. The van der Waals surface area contributed by atoms with Gasteiger partial charge in [0.05, 0.1) is 6.42 Å². The van der Waals surface area contributed by atoms with Crippen molar-refractivity contribution in [2.45, 2.75) is 25.8 Å². The standard InChI is InChI=1S/C17H18ClNO/c1-13(11-14-5-3-2-4-6-14)19-17(20)12-15-7-9-16(18)10-8-15/h2-10,13H,11-12H2,1H3,(H,19,20)/t13-/m1/s1. The highest BCUT2D eigenvalue weighted by atomic mass is 35.5. The van der Waals surface area contributed by atoms with Crippen molar-refractivity contribution >= 4 is 17.5 Å². The number of carbonyl (C=O) groups is 1. The van der Waals surface area contributed by atoms with Crippen molar-refractivity contribution in [3.63, 3.8) is 0 Å². The maximum absolute atomic E-state index is 12.0. The molecule has 1 amide bonds. The Morgan fingerprint density at radius 3 is 2.35 bits per heavy atom. The van der Waals surface area contributed by atoms with E-state index in [1.165, 1.54) is 5.56 Å². The van der Waals surface area contributed by atoms with E-state index in [9.17, 15) is 4.79 Å². The Labute approximate surface area is 124 Å². The first-order chi connectivity index (χ1) is 9.63. The summed E-state index contributed by atoms with van der Waals surface area (Å²) >= 11 is 5.82. The van der Waals surface area contributed by atoms with E-state index in [0.717, 1.165) is 12.0 Å². The van der Waals surface area contributed by atoms with E-state index < -0.39 is 0 Å². The fourth-order valence-electron chi connectivity index (χ4n) is 2.13. The van der Waals surface area contributed by atoms with Gasteiger partial charge >= 0.3 is 0 Å². The molecule has 0 unspecified atom stereocenters. The number of nitrogens with one attached hydrogen (secondary N) is 1. The molecule has 0 spiro atoms. The lowest BCUT2D eigenvalue weighted by Crippen LogP contribution is -2.35. The Morgan fingerprint density at radius 2 is 1.70 bits per heavy atom. The van der Waals surface area contributed by atoms with Crippen molar-refractivity contribution < 1.29 is 4.79 Å². The van der Waals surface area contributed by atoms with Crippen LogP contribution < -0.4 is 5.32 Å². The summed E-state index contributed by atoms with van der Waals surface area (Å²) < 4.78 is 0. The first-order valence-electron chi connectivity index (χ1n) is 6.71. The molecule has 0 fully saturated rings. The predicted molar refractivity (Wildman–Crippen MR) is 82.9 cm³/mol. The summed E-state index contributed by atoms with van der Waals surface area (Å²) in [5.41, 5.74) is 2.20. The number of benzene rings is 2. The lowest BCUT2D eigenvalue weighted by Gasteiger charge is -2.14. The minimum atomic E-state index is 0.0377. The first-order valence-corrected chi connectivity index (χ1v) is 7.09. The lowest BCUT2D eigenvalue weighted by atomic mass is 10.1. The predicted octanol–water partition coefficient (Wildman–Crippen LogP) is 3.63. The second-order valence-electron chi connectivity index (χ2n) is 4.96. The topological polar surface area (TPSA) is 29.1 Å². The lowest BCUT2D eigenvalue weighted by molar-refractivity contribution is -0.121. The molecule has 0 heterocycles. The zero-order chi connectivity index (χ0) is 14.4. The number of halogens is 1. The van der Waals surface area contributed by atoms with E-state index in [1.807, 2.05) is 37.3 Å². The summed E-state index contributed by atoms with van der Waals surface area (Å²) in [6, 6.07) is 17.6. The summed E-state index contributed by atoms with van der Waals surface area (Å²) in [5.74, 6) is 0.0377. The molecule has 104 valence electrons. The highest BCUT2D eigenvalue weighted by Gasteiger charge is 2.08. The molecule has 0 radical (unpaired) electrons. The molecule has 1 atom stereocenters. The van der Waals surface area contributed by atoms with Crippen LogP contribution in [-0.4, -0.2) is 11.9 Å². The van der Waals surface area contributed by atoms with Crippen LogP contribution in [-0.2, 0) is 17.6 Å². The number of amides is 1. The van der Waals surface area contributed by atoms with Gasteiger partial charge in [-0.15, -0.1) is 0 Å². The molecule has 2 aromatic carbocycles. The third-order valence-corrected chi connectivity index (χ3v) is 3.32. The van der Waals surface area contributed by atoms with Gasteiger partial charge in [-0.05, 0) is 36.6 Å². The van der Waals surface area contributed by atoms with Crippen LogP contribution in [0.15, 0.2) is 54.6 Å². The van der Waals surface area contributed by atoms with Gasteiger partial charge in [0, 0.05) is 11.1 Å². The Morgan fingerprint density at radius 1 is 1.05 bits per heavy atom. The SMILES string of the molecule is C[C@H](Cc1ccccc1)NC(=O)Cc1ccc(Cl)cc1. The van der Waals surface area contributed by atoms with Gasteiger partial charge in [0.15, 0.2) is 0 Å². The number of carbonyl (C=O) groups excluding carboxylic acids is 1. The Balaban J connectivity index is 1.83. The average molecular weight is 288 g/mol. The van der Waals surface area contributed by atoms with Gasteiger partial charge in [-0.2, -0.15) is 0 Å². The van der Waals surface area contributed by atoms with Gasteiger partial charge in [-0.3, -0.25) is 4.79 Å². The summed E-state index contributed by atoms with van der Waals surface area (Å²) in [6.07, 6.45) is 1.23. The van der Waals surface area contributed by atoms with E-state index in [2.05, 4.69) is 17.4 Å². The normalized spacial score (nSPS) is 11.9. The zero-order valence-corrected chi connectivity index (χ0v) is 12.2. The summed E-state index contributed by atoms with van der Waals surface area (Å²) in [6.45, 7) is 2.02. The largest absolute Gasteiger partial charge is 0.353 e. The van der Waals surface area contributed by atoms with Crippen molar-refractivity contribution in [2.75, 3.05) is 0 Å². The van der Waals surface area contributed by atoms with Crippen molar-refractivity contribution in [1.29, 1.82) is 0 Å². The van der Waals surface area contributed by atoms with E-state index in [0.29, 0.717) is 11.4 Å². The smallest absolute Gasteiger partial charge is 0.224 e. The van der Waals surface area contributed by atoms with Gasteiger partial charge in [0.1, 0.15) is 0 Å². The number of hydrogen-bond donors (Lipinski definition) is 1. The van der Waals surface area contributed by atoms with Crippen LogP contribution in [0.25, 0.3) is 0 Å². The third-order valence-electron chi connectivity index (χ3n) is 3.07. The molecule has 0 aromatic heterocycles. The van der Waals surface area contributed by atoms with Crippen molar-refractivity contribution in [3.05, 3.63) is 70.7 Å². The van der Waals surface area contributed by atoms with Crippen LogP contribution in [0.3, 0.4) is 0 Å². The fourth-order valence-corrected chi connectivity index (χ4v) is 2.26. The molecule has 0 saturated heterocycles. The minimum Gasteiger partial charge on any atom is -0.353 e. The maximum Gasteiger partial charge on any atom is 0.224 e. The summed E-state index contributed by atoms with van der Waals surface area (Å²) in [4.78, 5) is 12.0. The van der Waals surface area contributed by atoms with Crippen molar-refractivity contribution in [1.82, 2.24) is 5.32 Å². The molecule has 0 bridgehead atoms. The van der Waals surface area contributed by atoms with E-state index in [4.69, 9.17) is 11.6 Å². The van der Waals surface area contributed by atoms with Crippen LogP contribution in [0.1, 0.15) is 18.1 Å². The van der Waals surface area contributed by atoms with E-state index in [1.54, 1.807) is 12.1 Å². The average Bonchev–Trinajstić information content (AvgIpc) is 2.42. The quantitative estimate of drug-likeness (QED) is 0.894. The van der Waals surface area contributed by atoms with Gasteiger partial charge in [-0.1, -0.05) is 54.1 Å². The Bertz CT molecular complexity index is 551. The highest BCUT2D eigenvalue weighted by molar-refractivity contribution is 6.30. The monoisotopic (exact) mass is 287 g/mol. The molecule has 1 N–H and O–H groups in total. The summed E-state index contributed by atoms with van der Waals surface area (Å²) in [7, 11) is 0. The molecule has 20 heavy (non-hydrogen) atoms. The van der Waals surface area contributed by atoms with Crippen LogP contribution in [0.5, 0.6) is 0 Å². The zero-order valence-electron chi connectivity index (χ0n) is 11.5. The molecule has 0 aliphatic heterocycles. The highest BCUT2D eigenvalue weighted by Crippen LogP contribution is 2.10. The van der Waals surface area contributed by atoms with Gasteiger partial charge < -0.3 is 5.32 Å². The van der Waals surface area contributed by atoms with Crippen molar-refractivity contribution in [3.8, 4) is 0 Å². The Kier molecular flexibility index (Phi) is 5.19. The molecular weight excluding hydrogens is 270 g/mol. The van der Waals surface area contributed by atoms with Crippen LogP contribution in [0.4, 0.5) is 0 Å². The molecule has 0 aliphatic rings. The molecule has 0 saturated carbocycles. The Hall–Kier alpha value is -1.80. The first kappa shape index (κ1) is 14.6. The minimum absolute atomic E-state index is 0.0377. The van der Waals surface area contributed by atoms with Gasteiger partial charge in [0.25, 0.3) is 0 Å². The second kappa shape index (κ2) is 7.11. The maximum atomic E-state index is 12.0. The van der Waals surface area contributed by atoms with Crippen molar-refractivity contribution in [2.24, 2.45) is 0 Å². The third kappa shape index (κ3) is 4.71. The molecule has 3 heteroatoms. The summed E-state index contributed by atoms with van der Waals surface area (Å²) in [5, 5.41) is 3.71. The van der Waals surface area contributed by atoms with Crippen LogP contribution in [0, 0.1) is 0 Å². The second-order valence-corrected chi connectivity index (χ2v) is 5.40. The molecule has 2 aromatic rings. The molecule has 0 aliphatic carbocycles. The molecule has 2 rings (SSSR count). The van der Waals surface area contributed by atoms with E-state index >= 15 is 0 Å². The van der Waals surface area contributed by atoms with E-state index in [-0.39, 0.29) is 11.9 Å². The van der Waals surface area contributed by atoms with Crippen LogP contribution >= 0.6 is 11.6 Å². The van der Waals surface area contributed by atoms with Gasteiger partial charge in [-0.25, -0.2) is 0 Å². The molecule has 2 nitrogen and oxygen atoms in total. The fraction of sp³-hybridized carbons (Fsp3) is 0.235. The van der Waals surface area contributed by atoms with Gasteiger partial charge in [0.2, 0.25) is 5.91 Å². The molecular formula is C17H18ClNO. The van der Waals surface area contributed by atoms with Crippen LogP contribution in [0.2, 0.25) is 5.02 Å².